The van der Waals surface area contributed by atoms with Gasteiger partial charge in [0.25, 0.3) is 0 Å². The molecular formula is C19H27N3O2. The Labute approximate surface area is 144 Å². The van der Waals surface area contributed by atoms with Crippen LogP contribution in [0, 0.1) is 5.41 Å². The fourth-order valence-electron chi connectivity index (χ4n) is 3.78. The normalized spacial score (nSPS) is 27.0. The van der Waals surface area contributed by atoms with Gasteiger partial charge < -0.3 is 10.2 Å². The van der Waals surface area contributed by atoms with Crippen molar-refractivity contribution in [3.63, 3.8) is 0 Å². The first-order valence-corrected chi connectivity index (χ1v) is 8.75. The van der Waals surface area contributed by atoms with Crippen LogP contribution >= 0.6 is 0 Å². The third-order valence-electron chi connectivity index (χ3n) is 5.48. The smallest absolute Gasteiger partial charge is 0.245 e. The molecule has 2 amide bonds. The Morgan fingerprint density at radius 3 is 2.75 bits per heavy atom. The quantitative estimate of drug-likeness (QED) is 0.913. The van der Waals surface area contributed by atoms with E-state index in [1.807, 2.05) is 32.0 Å². The van der Waals surface area contributed by atoms with Crippen molar-refractivity contribution in [2.75, 3.05) is 20.1 Å². The highest BCUT2D eigenvalue weighted by Crippen LogP contribution is 2.40. The fourth-order valence-corrected chi connectivity index (χ4v) is 3.78. The summed E-state index contributed by atoms with van der Waals surface area (Å²) in [4.78, 5) is 29.2. The van der Waals surface area contributed by atoms with Gasteiger partial charge >= 0.3 is 0 Å². The van der Waals surface area contributed by atoms with Crippen LogP contribution in [0.1, 0.15) is 32.3 Å². The molecule has 1 aromatic carbocycles. The van der Waals surface area contributed by atoms with Crippen LogP contribution in [0.4, 0.5) is 0 Å². The minimum atomic E-state index is -0.396. The van der Waals surface area contributed by atoms with E-state index in [4.69, 9.17) is 0 Å². The summed E-state index contributed by atoms with van der Waals surface area (Å²) in [6, 6.07) is 10.1. The molecule has 2 aliphatic rings. The minimum Gasteiger partial charge on any atom is -0.344 e. The largest absolute Gasteiger partial charge is 0.344 e. The average Bonchev–Trinajstić information content (AvgIpc) is 3.11. The molecule has 0 radical (unpaired) electrons. The van der Waals surface area contributed by atoms with Gasteiger partial charge in [0, 0.05) is 26.2 Å². The van der Waals surface area contributed by atoms with Gasteiger partial charge in [0.05, 0.1) is 5.41 Å². The number of hydrogen-bond acceptors (Lipinski definition) is 3. The lowest BCUT2D eigenvalue weighted by Gasteiger charge is -2.25. The first-order valence-electron chi connectivity index (χ1n) is 8.75. The number of likely N-dealkylation sites (tertiary alicyclic amines) is 1. The monoisotopic (exact) mass is 329 g/mol. The van der Waals surface area contributed by atoms with Crippen LogP contribution < -0.4 is 5.32 Å². The molecule has 2 fully saturated rings. The number of amides is 2. The summed E-state index contributed by atoms with van der Waals surface area (Å²) in [5.74, 6) is 0.0744. The molecule has 3 rings (SSSR count). The molecular weight excluding hydrogens is 302 g/mol. The Morgan fingerprint density at radius 2 is 2.08 bits per heavy atom. The first-order chi connectivity index (χ1) is 11.4. The highest BCUT2D eigenvalue weighted by atomic mass is 16.2. The van der Waals surface area contributed by atoms with Crippen molar-refractivity contribution in [1.29, 1.82) is 0 Å². The van der Waals surface area contributed by atoms with E-state index in [0.29, 0.717) is 6.42 Å². The second-order valence-electron chi connectivity index (χ2n) is 7.50. The lowest BCUT2D eigenvalue weighted by molar-refractivity contribution is -0.134. The predicted octanol–water partition coefficient (Wildman–Crippen LogP) is 1.63. The van der Waals surface area contributed by atoms with Crippen LogP contribution in [0.5, 0.6) is 0 Å². The minimum absolute atomic E-state index is 0.0248. The number of hydrogen-bond donors (Lipinski definition) is 1. The van der Waals surface area contributed by atoms with Crippen LogP contribution in [0.3, 0.4) is 0 Å². The zero-order valence-electron chi connectivity index (χ0n) is 14.8. The zero-order chi connectivity index (χ0) is 17.3. The molecule has 0 unspecified atom stereocenters. The van der Waals surface area contributed by atoms with Gasteiger partial charge in [-0.15, -0.1) is 0 Å². The maximum Gasteiger partial charge on any atom is 0.245 e. The standard InChI is InChI=1S/C19H27N3O2/c1-14(2)21(3)17(23)16-11-19(18(24)20-16)9-10-22(13-19)12-15-7-5-4-6-8-15/h4-8,14,16H,9-13H2,1-3H3,(H,20,24)/t16-,19+/m0/s1. The summed E-state index contributed by atoms with van der Waals surface area (Å²) >= 11 is 0. The molecule has 1 aromatic rings. The van der Waals surface area contributed by atoms with Gasteiger partial charge in [0.2, 0.25) is 11.8 Å². The maximum absolute atomic E-state index is 12.6. The molecule has 1 spiro atoms. The van der Waals surface area contributed by atoms with Crippen molar-refractivity contribution < 1.29 is 9.59 Å². The Bertz CT molecular complexity index is 616. The summed E-state index contributed by atoms with van der Waals surface area (Å²) < 4.78 is 0. The van der Waals surface area contributed by atoms with E-state index in [0.717, 1.165) is 26.1 Å². The summed E-state index contributed by atoms with van der Waals surface area (Å²) in [6.45, 7) is 6.48. The van der Waals surface area contributed by atoms with Crippen LogP contribution in [0.2, 0.25) is 0 Å². The lowest BCUT2D eigenvalue weighted by Crippen LogP contribution is -2.45. The van der Waals surface area contributed by atoms with Crippen LogP contribution in [0.25, 0.3) is 0 Å². The number of carbonyl (C=O) groups is 2. The Kier molecular flexibility index (Phi) is 4.63. The highest BCUT2D eigenvalue weighted by Gasteiger charge is 2.52. The van der Waals surface area contributed by atoms with Crippen molar-refractivity contribution in [2.24, 2.45) is 5.41 Å². The molecule has 2 heterocycles. The van der Waals surface area contributed by atoms with Crippen molar-refractivity contribution >= 4 is 11.8 Å². The molecule has 24 heavy (non-hydrogen) atoms. The third kappa shape index (κ3) is 3.18. The molecule has 2 saturated heterocycles. The van der Waals surface area contributed by atoms with E-state index in [9.17, 15) is 9.59 Å². The molecule has 1 N–H and O–H groups in total. The van der Waals surface area contributed by atoms with E-state index in [-0.39, 0.29) is 23.9 Å². The summed E-state index contributed by atoms with van der Waals surface area (Å²) in [5.41, 5.74) is 0.868. The number of nitrogens with zero attached hydrogens (tertiary/aromatic N) is 2. The fraction of sp³-hybridized carbons (Fsp3) is 0.579. The van der Waals surface area contributed by atoms with Gasteiger partial charge in [0.15, 0.2) is 0 Å². The molecule has 0 bridgehead atoms. The van der Waals surface area contributed by atoms with Crippen molar-refractivity contribution in [3.05, 3.63) is 35.9 Å². The van der Waals surface area contributed by atoms with Gasteiger partial charge in [-0.3, -0.25) is 14.5 Å². The second kappa shape index (κ2) is 6.55. The van der Waals surface area contributed by atoms with Crippen LogP contribution in [-0.2, 0) is 16.1 Å². The molecule has 2 atom stereocenters. The van der Waals surface area contributed by atoms with E-state index >= 15 is 0 Å². The Hall–Kier alpha value is -1.88. The molecule has 5 heteroatoms. The molecule has 0 saturated carbocycles. The van der Waals surface area contributed by atoms with Crippen molar-refractivity contribution in [2.45, 2.75) is 45.3 Å². The maximum atomic E-state index is 12.6. The SMILES string of the molecule is CC(C)N(C)C(=O)[C@@H]1C[C@@]2(CCN(Cc3ccccc3)C2)C(=O)N1. The van der Waals surface area contributed by atoms with Gasteiger partial charge in [-0.2, -0.15) is 0 Å². The molecule has 0 aliphatic carbocycles. The Balaban J connectivity index is 1.65. The van der Waals surface area contributed by atoms with E-state index < -0.39 is 5.41 Å². The zero-order valence-corrected chi connectivity index (χ0v) is 14.8. The highest BCUT2D eigenvalue weighted by molar-refractivity contribution is 5.94. The topological polar surface area (TPSA) is 52.7 Å². The van der Waals surface area contributed by atoms with Gasteiger partial charge in [-0.25, -0.2) is 0 Å². The molecule has 0 aromatic heterocycles. The summed E-state index contributed by atoms with van der Waals surface area (Å²) in [6.07, 6.45) is 1.45. The van der Waals surface area contributed by atoms with Crippen molar-refractivity contribution in [1.82, 2.24) is 15.1 Å². The van der Waals surface area contributed by atoms with Crippen LogP contribution in [0.15, 0.2) is 30.3 Å². The first kappa shape index (κ1) is 17.0. The van der Waals surface area contributed by atoms with E-state index in [1.165, 1.54) is 5.56 Å². The number of benzene rings is 1. The average molecular weight is 329 g/mol. The number of likely N-dealkylation sites (N-methyl/N-ethyl adjacent to an activating group) is 1. The van der Waals surface area contributed by atoms with Gasteiger partial charge in [0.1, 0.15) is 6.04 Å². The number of rotatable bonds is 4. The van der Waals surface area contributed by atoms with Crippen molar-refractivity contribution in [3.8, 4) is 0 Å². The van der Waals surface area contributed by atoms with Gasteiger partial charge in [-0.1, -0.05) is 30.3 Å². The predicted molar refractivity (Wildman–Crippen MR) is 93.2 cm³/mol. The molecule has 130 valence electrons. The van der Waals surface area contributed by atoms with E-state index in [2.05, 4.69) is 22.3 Å². The summed E-state index contributed by atoms with van der Waals surface area (Å²) in [7, 11) is 1.81. The third-order valence-corrected chi connectivity index (χ3v) is 5.48. The Morgan fingerprint density at radius 1 is 1.38 bits per heavy atom. The van der Waals surface area contributed by atoms with Gasteiger partial charge in [-0.05, 0) is 38.8 Å². The number of nitrogens with one attached hydrogen (secondary N) is 1. The summed E-state index contributed by atoms with van der Waals surface area (Å²) in [5, 5.41) is 2.95. The molecule has 5 nitrogen and oxygen atoms in total. The van der Waals surface area contributed by atoms with Crippen LogP contribution in [-0.4, -0.2) is 53.8 Å². The number of carbonyl (C=O) groups excluding carboxylic acids is 2. The second-order valence-corrected chi connectivity index (χ2v) is 7.50. The lowest BCUT2D eigenvalue weighted by atomic mass is 9.83. The molecule has 2 aliphatic heterocycles. The van der Waals surface area contributed by atoms with E-state index in [1.54, 1.807) is 11.9 Å².